The molecule has 2 aromatic heterocycles. The van der Waals surface area contributed by atoms with Gasteiger partial charge >= 0.3 is 0 Å². The van der Waals surface area contributed by atoms with Crippen molar-refractivity contribution < 1.29 is 39.2 Å². The van der Waals surface area contributed by atoms with Crippen LogP contribution in [0.2, 0.25) is 0 Å². The number of fused-ring (bicyclic) bond motifs is 2. The molecule has 0 amide bonds. The van der Waals surface area contributed by atoms with E-state index in [0.717, 1.165) is 33.2 Å². The van der Waals surface area contributed by atoms with Crippen LogP contribution in [0.3, 0.4) is 0 Å². The summed E-state index contributed by atoms with van der Waals surface area (Å²) >= 11 is 0. The van der Waals surface area contributed by atoms with E-state index in [0.29, 0.717) is 73.1 Å². The third-order valence-corrected chi connectivity index (χ3v) is 9.41. The second-order valence-electron chi connectivity index (χ2n) is 13.3. The number of ketones is 2. The van der Waals surface area contributed by atoms with Crippen LogP contribution in [0.4, 0.5) is 0 Å². The van der Waals surface area contributed by atoms with E-state index >= 15 is 0 Å². The first-order valence-electron chi connectivity index (χ1n) is 16.9. The van der Waals surface area contributed by atoms with E-state index in [1.54, 1.807) is 46.3 Å². The predicted molar refractivity (Wildman–Crippen MR) is 209 cm³/mol. The van der Waals surface area contributed by atoms with Crippen LogP contribution in [-0.4, -0.2) is 37.0 Å². The molecule has 0 saturated carbocycles. The lowest BCUT2D eigenvalue weighted by atomic mass is 9.96. The molecule has 0 aliphatic rings. The summed E-state index contributed by atoms with van der Waals surface area (Å²) in [5.74, 6) is 3.03. The molecule has 0 saturated heterocycles. The van der Waals surface area contributed by atoms with Gasteiger partial charge in [0.1, 0.15) is 23.0 Å². The fourth-order valence-electron chi connectivity index (χ4n) is 6.29. The minimum atomic E-state index is -0.143. The molecule has 52 heavy (non-hydrogen) atoms. The van der Waals surface area contributed by atoms with E-state index in [1.807, 2.05) is 85.7 Å². The fraction of sp³-hybridized carbons (Fsp3) is 0.318. The van der Waals surface area contributed by atoms with Gasteiger partial charge in [0, 0.05) is 23.3 Å². The molecule has 0 unspecified atom stereocenters. The van der Waals surface area contributed by atoms with Crippen molar-refractivity contribution in [3.63, 3.8) is 0 Å². The number of carbonyl (C=O) groups excluding carboxylic acids is 2. The van der Waals surface area contributed by atoms with E-state index in [1.165, 1.54) is 0 Å². The molecule has 2 heterocycles. The SMILES string of the molecule is C.COc1cc(C(=O)c2c(C)oc3c(O)c(C)ccc23)cc(C)c1C.COc1cc(C(=O)c2c(C)oc3c(OC(C)C)c(C)ccc23)cc(C)c1C.[2HH]. The molecule has 0 spiro atoms. The zero-order chi connectivity index (χ0) is 37.5. The van der Waals surface area contributed by atoms with Gasteiger partial charge in [-0.3, -0.25) is 9.59 Å². The summed E-state index contributed by atoms with van der Waals surface area (Å²) in [4.78, 5) is 26.4. The van der Waals surface area contributed by atoms with Crippen molar-refractivity contribution >= 4 is 33.5 Å². The minimum absolute atomic E-state index is 0. The summed E-state index contributed by atoms with van der Waals surface area (Å²) in [5.41, 5.74) is 8.90. The molecule has 1 N–H and O–H groups in total. The third kappa shape index (κ3) is 7.15. The monoisotopic (exact) mass is 709 g/mol. The lowest BCUT2D eigenvalue weighted by Crippen LogP contribution is -2.07. The van der Waals surface area contributed by atoms with Crippen molar-refractivity contribution in [3.05, 3.63) is 116 Å². The average molecular weight is 710 g/mol. The van der Waals surface area contributed by atoms with Gasteiger partial charge in [0.2, 0.25) is 0 Å². The maximum Gasteiger partial charge on any atom is 0.197 e. The Morgan fingerprint density at radius 2 is 1.06 bits per heavy atom. The van der Waals surface area contributed by atoms with Crippen molar-refractivity contribution in [3.8, 4) is 23.0 Å². The fourth-order valence-corrected chi connectivity index (χ4v) is 6.29. The maximum absolute atomic E-state index is 13.3. The van der Waals surface area contributed by atoms with Crippen LogP contribution in [-0.2, 0) is 0 Å². The Kier molecular flexibility index (Phi) is 11.6. The van der Waals surface area contributed by atoms with Crippen LogP contribution in [0, 0.1) is 55.4 Å². The number of aryl methyl sites for hydroxylation is 6. The summed E-state index contributed by atoms with van der Waals surface area (Å²) in [6.45, 7) is 19.1. The van der Waals surface area contributed by atoms with E-state index in [9.17, 15) is 14.7 Å². The first kappa shape index (κ1) is 39.3. The number of hydrogen-bond acceptors (Lipinski definition) is 8. The zero-order valence-electron chi connectivity index (χ0n) is 31.5. The number of furan rings is 2. The largest absolute Gasteiger partial charge is 0.504 e. The zero-order valence-corrected chi connectivity index (χ0v) is 31.5. The Balaban J connectivity index is 0.000000277. The number of methoxy groups -OCH3 is 2. The van der Waals surface area contributed by atoms with Gasteiger partial charge in [-0.05, 0) is 139 Å². The Hall–Kier alpha value is -5.50. The highest BCUT2D eigenvalue weighted by atomic mass is 16.5. The number of phenolic OH excluding ortho intramolecular Hbond substituents is 1. The number of rotatable bonds is 8. The molecular formula is C44H52O8. The van der Waals surface area contributed by atoms with Gasteiger partial charge < -0.3 is 28.2 Å². The van der Waals surface area contributed by atoms with Crippen LogP contribution < -0.4 is 14.2 Å². The topological polar surface area (TPSA) is 108 Å². The Bertz CT molecular complexity index is 2320. The number of benzene rings is 4. The molecular weight excluding hydrogens is 656 g/mol. The first-order chi connectivity index (χ1) is 24.1. The molecule has 0 fully saturated rings. The average Bonchev–Trinajstić information content (AvgIpc) is 3.61. The normalized spacial score (nSPS) is 10.9. The van der Waals surface area contributed by atoms with Gasteiger partial charge in [0.05, 0.1) is 31.5 Å². The standard InChI is InChI=1S/C23H26O4.C20H20O4.CH4.H2/c1-12(2)26-22-13(3)8-9-18-20(16(6)27-23(18)22)21(24)17-10-14(4)15(5)19(11-17)25-7;1-10-6-7-15-17(13(4)24-20(15)18(10)21)19(22)14-8-11(2)12(3)16(9-14)23-5;;/h8-12H,1-7H3;6-9,21H,1-5H3;1H4;1H/i;;;1+1. The number of aromatic hydroxyl groups is 1. The van der Waals surface area contributed by atoms with Crippen molar-refractivity contribution in [2.24, 2.45) is 0 Å². The molecule has 8 nitrogen and oxygen atoms in total. The van der Waals surface area contributed by atoms with Crippen LogP contribution in [0.5, 0.6) is 23.0 Å². The lowest BCUT2D eigenvalue weighted by Gasteiger charge is -2.12. The number of ether oxygens (including phenoxy) is 3. The highest BCUT2D eigenvalue weighted by molar-refractivity contribution is 6.18. The van der Waals surface area contributed by atoms with Gasteiger partial charge in [-0.2, -0.15) is 0 Å². The van der Waals surface area contributed by atoms with Crippen LogP contribution in [0.15, 0.2) is 57.4 Å². The molecule has 8 heteroatoms. The van der Waals surface area contributed by atoms with E-state index in [4.69, 9.17) is 23.0 Å². The Morgan fingerprint density at radius 3 is 1.50 bits per heavy atom. The molecule has 0 radical (unpaired) electrons. The third-order valence-electron chi connectivity index (χ3n) is 9.41. The Labute approximate surface area is 307 Å². The summed E-state index contributed by atoms with van der Waals surface area (Å²) in [5, 5.41) is 11.6. The summed E-state index contributed by atoms with van der Waals surface area (Å²) in [7, 11) is 3.21. The molecule has 0 aliphatic heterocycles. The van der Waals surface area contributed by atoms with E-state index in [-0.39, 0.29) is 32.3 Å². The van der Waals surface area contributed by atoms with Crippen molar-refractivity contribution in [1.82, 2.24) is 0 Å². The molecule has 0 aliphatic carbocycles. The summed E-state index contributed by atoms with van der Waals surface area (Å²) in [6, 6.07) is 14.8. The lowest BCUT2D eigenvalue weighted by molar-refractivity contribution is 0.103. The van der Waals surface area contributed by atoms with E-state index in [2.05, 4.69) is 0 Å². The van der Waals surface area contributed by atoms with Crippen molar-refractivity contribution in [2.45, 2.75) is 82.8 Å². The second-order valence-corrected chi connectivity index (χ2v) is 13.3. The van der Waals surface area contributed by atoms with Gasteiger partial charge in [-0.25, -0.2) is 0 Å². The molecule has 6 rings (SSSR count). The first-order valence-corrected chi connectivity index (χ1v) is 16.9. The van der Waals surface area contributed by atoms with Gasteiger partial charge in [-0.15, -0.1) is 0 Å². The van der Waals surface area contributed by atoms with Gasteiger partial charge in [-0.1, -0.05) is 19.6 Å². The smallest absolute Gasteiger partial charge is 0.197 e. The van der Waals surface area contributed by atoms with Crippen LogP contribution in [0.1, 0.15) is 99.4 Å². The number of hydrogen-bond donors (Lipinski definition) is 1. The molecule has 0 bridgehead atoms. The van der Waals surface area contributed by atoms with Crippen molar-refractivity contribution in [1.29, 1.82) is 0 Å². The molecule has 0 atom stereocenters. The highest BCUT2D eigenvalue weighted by Crippen LogP contribution is 2.38. The second kappa shape index (κ2) is 15.4. The van der Waals surface area contributed by atoms with Gasteiger partial charge in [0.25, 0.3) is 0 Å². The highest BCUT2D eigenvalue weighted by Gasteiger charge is 2.25. The molecule has 6 aromatic rings. The Morgan fingerprint density at radius 1 is 0.635 bits per heavy atom. The summed E-state index contributed by atoms with van der Waals surface area (Å²) < 4.78 is 28.4. The van der Waals surface area contributed by atoms with Crippen LogP contribution in [0.25, 0.3) is 21.9 Å². The molecule has 4 aromatic carbocycles. The number of phenols is 1. The van der Waals surface area contributed by atoms with E-state index < -0.39 is 0 Å². The predicted octanol–water partition coefficient (Wildman–Crippen LogP) is 11.2. The van der Waals surface area contributed by atoms with Crippen molar-refractivity contribution in [2.75, 3.05) is 14.2 Å². The summed E-state index contributed by atoms with van der Waals surface area (Å²) in [6.07, 6.45) is 0.0165. The molecule has 276 valence electrons. The minimum Gasteiger partial charge on any atom is -0.504 e. The van der Waals surface area contributed by atoms with Gasteiger partial charge in [0.15, 0.2) is 34.2 Å². The van der Waals surface area contributed by atoms with Crippen LogP contribution >= 0.6 is 0 Å². The number of carbonyl (C=O) groups is 2. The quantitative estimate of drug-likeness (QED) is 0.156. The maximum atomic E-state index is 13.3.